The number of carboxylic acids is 1. The first-order valence-corrected chi connectivity index (χ1v) is 10.8. The maximum atomic E-state index is 11.2. The first-order valence-electron chi connectivity index (χ1n) is 10.4. The summed E-state index contributed by atoms with van der Waals surface area (Å²) in [6.07, 6.45) is -0.101. The number of hydrogen-bond acceptors (Lipinski definition) is 4. The Morgan fingerprint density at radius 1 is 1.03 bits per heavy atom. The van der Waals surface area contributed by atoms with Gasteiger partial charge in [0.1, 0.15) is 0 Å². The van der Waals surface area contributed by atoms with Crippen LogP contribution in [0.5, 0.6) is 5.88 Å². The van der Waals surface area contributed by atoms with Crippen molar-refractivity contribution in [1.29, 1.82) is 0 Å². The van der Waals surface area contributed by atoms with E-state index < -0.39 is 5.97 Å². The SMILES string of the molecule is CN(C)Cc1ccc(N=C(c2cccc(CC(=O)O)c2)c2c(O)[nH]c3cc(Cl)ccc23)cc1. The summed E-state index contributed by atoms with van der Waals surface area (Å²) in [6.45, 7) is 0.818. The first kappa shape index (κ1) is 22.6. The van der Waals surface area contributed by atoms with Crippen LogP contribution in [-0.2, 0) is 17.8 Å². The zero-order valence-electron chi connectivity index (χ0n) is 18.3. The fraction of sp³-hybridized carbons (Fsp3) is 0.154. The summed E-state index contributed by atoms with van der Waals surface area (Å²) < 4.78 is 0. The number of aliphatic imine (C=N–C) groups is 1. The molecule has 1 heterocycles. The standard InChI is InChI=1S/C26H24ClN3O3/c1-30(2)15-16-6-9-20(10-7-16)28-25(18-5-3-4-17(12-18)13-23(31)32)24-21-11-8-19(27)14-22(21)29-26(24)33/h3-12,14,29,33H,13,15H2,1-2H3,(H,31,32). The van der Waals surface area contributed by atoms with Crippen LogP contribution in [0.1, 0.15) is 22.3 Å². The van der Waals surface area contributed by atoms with Crippen LogP contribution in [0.25, 0.3) is 10.9 Å². The molecule has 0 aliphatic carbocycles. The second-order valence-corrected chi connectivity index (χ2v) is 8.61. The minimum absolute atomic E-state index is 0.0288. The fourth-order valence-electron chi connectivity index (χ4n) is 3.83. The van der Waals surface area contributed by atoms with E-state index in [9.17, 15) is 15.0 Å². The number of aromatic nitrogens is 1. The molecule has 3 N–H and O–H groups in total. The van der Waals surface area contributed by atoms with Crippen molar-refractivity contribution in [3.8, 4) is 5.88 Å². The van der Waals surface area contributed by atoms with E-state index in [1.54, 1.807) is 30.3 Å². The Hall–Kier alpha value is -3.61. The van der Waals surface area contributed by atoms with E-state index in [-0.39, 0.29) is 12.3 Å². The maximum Gasteiger partial charge on any atom is 0.307 e. The van der Waals surface area contributed by atoms with E-state index in [0.29, 0.717) is 32.9 Å². The van der Waals surface area contributed by atoms with Gasteiger partial charge in [0.05, 0.1) is 28.9 Å². The van der Waals surface area contributed by atoms with Crippen LogP contribution in [-0.4, -0.2) is 45.9 Å². The molecule has 0 atom stereocenters. The number of nitrogens with one attached hydrogen (secondary N) is 1. The van der Waals surface area contributed by atoms with Gasteiger partial charge in [0.25, 0.3) is 0 Å². The van der Waals surface area contributed by atoms with Gasteiger partial charge in [0.2, 0.25) is 0 Å². The lowest BCUT2D eigenvalue weighted by atomic mass is 9.98. The summed E-state index contributed by atoms with van der Waals surface area (Å²) in [5.74, 6) is -0.939. The Morgan fingerprint density at radius 2 is 1.79 bits per heavy atom. The Bertz CT molecular complexity index is 1340. The first-order chi connectivity index (χ1) is 15.8. The number of benzene rings is 3. The van der Waals surface area contributed by atoms with Crippen molar-refractivity contribution in [2.24, 2.45) is 4.99 Å². The molecular formula is C26H24ClN3O3. The molecule has 0 aliphatic rings. The number of carboxylic acid groups (broad SMARTS) is 1. The number of H-pyrrole nitrogens is 1. The Kier molecular flexibility index (Phi) is 6.49. The monoisotopic (exact) mass is 461 g/mol. The Labute approximate surface area is 196 Å². The predicted octanol–water partition coefficient (Wildman–Crippen LogP) is 5.38. The van der Waals surface area contributed by atoms with Gasteiger partial charge in [-0.05, 0) is 55.6 Å². The predicted molar refractivity (Wildman–Crippen MR) is 132 cm³/mol. The summed E-state index contributed by atoms with van der Waals surface area (Å²) in [4.78, 5) is 21.2. The molecule has 0 fully saturated rings. The fourth-order valence-corrected chi connectivity index (χ4v) is 4.01. The molecule has 3 aromatic carbocycles. The molecule has 0 saturated heterocycles. The van der Waals surface area contributed by atoms with E-state index in [2.05, 4.69) is 9.88 Å². The lowest BCUT2D eigenvalue weighted by Crippen LogP contribution is -2.10. The molecule has 1 aromatic heterocycles. The van der Waals surface area contributed by atoms with Crippen LogP contribution in [0.2, 0.25) is 5.02 Å². The zero-order chi connectivity index (χ0) is 23.5. The van der Waals surface area contributed by atoms with E-state index in [0.717, 1.165) is 23.2 Å². The van der Waals surface area contributed by atoms with Crippen molar-refractivity contribution in [1.82, 2.24) is 9.88 Å². The highest BCUT2D eigenvalue weighted by atomic mass is 35.5. The molecule has 0 aliphatic heterocycles. The summed E-state index contributed by atoms with van der Waals surface area (Å²) >= 11 is 6.14. The van der Waals surface area contributed by atoms with Gasteiger partial charge in [0.15, 0.2) is 5.88 Å². The molecule has 4 rings (SSSR count). The molecule has 7 heteroatoms. The van der Waals surface area contributed by atoms with Crippen molar-refractivity contribution >= 4 is 39.9 Å². The van der Waals surface area contributed by atoms with Gasteiger partial charge in [-0.1, -0.05) is 48.0 Å². The smallest absolute Gasteiger partial charge is 0.307 e. The molecule has 0 amide bonds. The highest BCUT2D eigenvalue weighted by Gasteiger charge is 2.19. The van der Waals surface area contributed by atoms with E-state index in [4.69, 9.17) is 16.6 Å². The number of hydrogen-bond donors (Lipinski definition) is 3. The van der Waals surface area contributed by atoms with E-state index in [1.165, 1.54) is 0 Å². The van der Waals surface area contributed by atoms with Gasteiger partial charge >= 0.3 is 5.97 Å². The quantitative estimate of drug-likeness (QED) is 0.322. The normalized spacial score (nSPS) is 11.9. The minimum atomic E-state index is -0.910. The largest absolute Gasteiger partial charge is 0.494 e. The van der Waals surface area contributed by atoms with Crippen molar-refractivity contribution < 1.29 is 15.0 Å². The second-order valence-electron chi connectivity index (χ2n) is 8.17. The van der Waals surface area contributed by atoms with Gasteiger partial charge in [-0.25, -0.2) is 4.99 Å². The lowest BCUT2D eigenvalue weighted by Gasteiger charge is -2.11. The van der Waals surface area contributed by atoms with Crippen LogP contribution < -0.4 is 0 Å². The van der Waals surface area contributed by atoms with Crippen LogP contribution in [0.4, 0.5) is 5.69 Å². The van der Waals surface area contributed by atoms with Crippen LogP contribution in [0, 0.1) is 0 Å². The van der Waals surface area contributed by atoms with Crippen molar-refractivity contribution in [2.45, 2.75) is 13.0 Å². The molecule has 0 saturated carbocycles. The average molecular weight is 462 g/mol. The summed E-state index contributed by atoms with van der Waals surface area (Å²) in [6, 6.07) is 20.5. The summed E-state index contributed by atoms with van der Waals surface area (Å²) in [5, 5.41) is 21.4. The summed E-state index contributed by atoms with van der Waals surface area (Å²) in [5.41, 5.74) is 4.99. The third-order valence-corrected chi connectivity index (χ3v) is 5.44. The molecule has 0 bridgehead atoms. The number of rotatable bonds is 7. The maximum absolute atomic E-state index is 11.2. The van der Waals surface area contributed by atoms with Gasteiger partial charge in [-0.2, -0.15) is 0 Å². The highest BCUT2D eigenvalue weighted by molar-refractivity contribution is 6.31. The van der Waals surface area contributed by atoms with Crippen LogP contribution in [0.3, 0.4) is 0 Å². The average Bonchev–Trinajstić information content (AvgIpc) is 3.07. The Balaban J connectivity index is 1.88. The van der Waals surface area contributed by atoms with Crippen molar-refractivity contribution in [3.05, 3.63) is 94.0 Å². The highest BCUT2D eigenvalue weighted by Crippen LogP contribution is 2.33. The summed E-state index contributed by atoms with van der Waals surface area (Å²) in [7, 11) is 4.03. The molecule has 0 radical (unpaired) electrons. The second kappa shape index (κ2) is 9.48. The van der Waals surface area contributed by atoms with Crippen LogP contribution in [0.15, 0.2) is 71.7 Å². The van der Waals surface area contributed by atoms with Gasteiger partial charge in [-0.15, -0.1) is 0 Å². The number of aromatic hydroxyl groups is 1. The minimum Gasteiger partial charge on any atom is -0.494 e. The number of aliphatic carboxylic acids is 1. The van der Waals surface area contributed by atoms with Crippen LogP contribution >= 0.6 is 11.6 Å². The topological polar surface area (TPSA) is 88.9 Å². The van der Waals surface area contributed by atoms with Crippen molar-refractivity contribution in [3.63, 3.8) is 0 Å². The molecular weight excluding hydrogens is 438 g/mol. The zero-order valence-corrected chi connectivity index (χ0v) is 19.1. The number of halogens is 1. The number of fused-ring (bicyclic) bond motifs is 1. The Morgan fingerprint density at radius 3 is 2.48 bits per heavy atom. The lowest BCUT2D eigenvalue weighted by molar-refractivity contribution is -0.136. The number of aromatic amines is 1. The van der Waals surface area contributed by atoms with E-state index in [1.807, 2.05) is 50.5 Å². The molecule has 0 spiro atoms. The number of nitrogens with zero attached hydrogens (tertiary/aromatic N) is 2. The third-order valence-electron chi connectivity index (χ3n) is 5.21. The van der Waals surface area contributed by atoms with Gasteiger partial charge in [-0.3, -0.25) is 4.79 Å². The molecule has 0 unspecified atom stereocenters. The van der Waals surface area contributed by atoms with Gasteiger partial charge in [0, 0.05) is 22.5 Å². The molecule has 168 valence electrons. The molecule has 6 nitrogen and oxygen atoms in total. The van der Waals surface area contributed by atoms with Crippen molar-refractivity contribution in [2.75, 3.05) is 14.1 Å². The molecule has 4 aromatic rings. The molecule has 33 heavy (non-hydrogen) atoms. The third kappa shape index (κ3) is 5.25. The van der Waals surface area contributed by atoms with E-state index >= 15 is 0 Å². The van der Waals surface area contributed by atoms with Gasteiger partial charge < -0.3 is 20.1 Å². The number of carbonyl (C=O) groups is 1.